The lowest BCUT2D eigenvalue weighted by molar-refractivity contribution is 0.0520. The van der Waals surface area contributed by atoms with Crippen molar-refractivity contribution in [3.8, 4) is 11.5 Å². The van der Waals surface area contributed by atoms with E-state index in [1.54, 1.807) is 43.3 Å². The summed E-state index contributed by atoms with van der Waals surface area (Å²) in [6, 6.07) is 11.6. The largest absolute Gasteiger partial charge is 0.461 e. The van der Waals surface area contributed by atoms with Gasteiger partial charge in [0.05, 0.1) is 11.1 Å². The molecule has 0 aliphatic rings. The molecule has 0 aliphatic carbocycles. The minimum absolute atomic E-state index is 0.317. The summed E-state index contributed by atoms with van der Waals surface area (Å²) in [5, 5.41) is 0.808. The van der Waals surface area contributed by atoms with Gasteiger partial charge in [-0.15, -0.1) is 0 Å². The van der Waals surface area contributed by atoms with Crippen molar-refractivity contribution in [3.05, 3.63) is 58.4 Å². The van der Waals surface area contributed by atoms with Crippen molar-refractivity contribution in [2.75, 3.05) is 6.61 Å². The van der Waals surface area contributed by atoms with Crippen molar-refractivity contribution in [2.45, 2.75) is 6.92 Å². The molecule has 2 aromatic carbocycles. The quantitative estimate of drug-likeness (QED) is 0.648. The van der Waals surface area contributed by atoms with E-state index < -0.39 is 11.8 Å². The Bertz CT molecular complexity index is 875. The van der Waals surface area contributed by atoms with Gasteiger partial charge in [-0.25, -0.2) is 9.18 Å². The summed E-state index contributed by atoms with van der Waals surface area (Å²) in [5.74, 6) is 0.149. The first-order valence-corrected chi connectivity index (χ1v) is 7.79. The summed E-state index contributed by atoms with van der Waals surface area (Å²) in [7, 11) is 0. The molecule has 1 N–H and O–H groups in total. The van der Waals surface area contributed by atoms with Gasteiger partial charge in [0.15, 0.2) is 0 Å². The van der Waals surface area contributed by atoms with E-state index >= 15 is 0 Å². The Balaban J connectivity index is 1.87. The standard InChI is InChI=1S/C17H13BrFNO3/c1-2-22-17(21)16-8-10-7-11(4-6-15(10)20-16)23-12-3-5-13(18)14(19)9-12/h3-9,20H,2H2,1H3. The van der Waals surface area contributed by atoms with Crippen molar-refractivity contribution < 1.29 is 18.7 Å². The summed E-state index contributed by atoms with van der Waals surface area (Å²) in [6.45, 7) is 2.07. The lowest BCUT2D eigenvalue weighted by Crippen LogP contribution is -2.04. The number of carbonyl (C=O) groups excluding carboxylic acids is 1. The summed E-state index contributed by atoms with van der Waals surface area (Å²) >= 11 is 3.10. The first-order chi connectivity index (χ1) is 11.1. The number of aromatic amines is 1. The van der Waals surface area contributed by atoms with Crippen LogP contribution in [0, 0.1) is 5.82 Å². The molecule has 0 aliphatic heterocycles. The number of fused-ring (bicyclic) bond motifs is 1. The molecule has 0 saturated heterocycles. The second-order valence-corrected chi connectivity index (χ2v) is 5.68. The topological polar surface area (TPSA) is 51.3 Å². The van der Waals surface area contributed by atoms with Crippen molar-refractivity contribution in [3.63, 3.8) is 0 Å². The number of esters is 1. The molecule has 4 nitrogen and oxygen atoms in total. The molecule has 3 rings (SSSR count). The number of nitrogens with one attached hydrogen (secondary N) is 1. The van der Waals surface area contributed by atoms with E-state index in [0.29, 0.717) is 28.3 Å². The smallest absolute Gasteiger partial charge is 0.354 e. The predicted octanol–water partition coefficient (Wildman–Crippen LogP) is 5.04. The van der Waals surface area contributed by atoms with Crippen LogP contribution in [0.2, 0.25) is 0 Å². The van der Waals surface area contributed by atoms with Crippen LogP contribution < -0.4 is 4.74 Å². The van der Waals surface area contributed by atoms with E-state index in [1.165, 1.54) is 6.07 Å². The maximum Gasteiger partial charge on any atom is 0.354 e. The molecule has 1 aromatic heterocycles. The van der Waals surface area contributed by atoms with Crippen LogP contribution in [-0.4, -0.2) is 17.6 Å². The van der Waals surface area contributed by atoms with Gasteiger partial charge in [0.25, 0.3) is 0 Å². The van der Waals surface area contributed by atoms with Gasteiger partial charge < -0.3 is 14.5 Å². The molecule has 23 heavy (non-hydrogen) atoms. The zero-order valence-corrected chi connectivity index (χ0v) is 13.8. The highest BCUT2D eigenvalue weighted by molar-refractivity contribution is 9.10. The van der Waals surface area contributed by atoms with Gasteiger partial charge in [-0.05, 0) is 59.3 Å². The van der Waals surface area contributed by atoms with Gasteiger partial charge in [-0.2, -0.15) is 0 Å². The second-order valence-electron chi connectivity index (χ2n) is 4.83. The van der Waals surface area contributed by atoms with Gasteiger partial charge in [-0.3, -0.25) is 0 Å². The molecule has 6 heteroatoms. The Morgan fingerprint density at radius 1 is 1.17 bits per heavy atom. The number of carbonyl (C=O) groups is 1. The predicted molar refractivity (Wildman–Crippen MR) is 88.4 cm³/mol. The van der Waals surface area contributed by atoms with Crippen molar-refractivity contribution in [1.82, 2.24) is 4.98 Å². The highest BCUT2D eigenvalue weighted by Crippen LogP contribution is 2.28. The van der Waals surface area contributed by atoms with Crippen LogP contribution in [0.4, 0.5) is 4.39 Å². The van der Waals surface area contributed by atoms with Crippen LogP contribution in [0.15, 0.2) is 46.9 Å². The molecular weight excluding hydrogens is 365 g/mol. The number of benzene rings is 2. The molecule has 3 aromatic rings. The third-order valence-corrected chi connectivity index (χ3v) is 3.86. The Morgan fingerprint density at radius 2 is 1.91 bits per heavy atom. The molecule has 118 valence electrons. The Labute approximate surface area is 140 Å². The average Bonchev–Trinajstić information content (AvgIpc) is 2.94. The van der Waals surface area contributed by atoms with E-state index in [0.717, 1.165) is 10.9 Å². The fourth-order valence-electron chi connectivity index (χ4n) is 2.17. The maximum atomic E-state index is 13.5. The monoisotopic (exact) mass is 377 g/mol. The van der Waals surface area contributed by atoms with Crippen LogP contribution in [0.3, 0.4) is 0 Å². The number of H-pyrrole nitrogens is 1. The minimum atomic E-state index is -0.402. The summed E-state index contributed by atoms with van der Waals surface area (Å²) in [4.78, 5) is 14.7. The number of rotatable bonds is 4. The van der Waals surface area contributed by atoms with Gasteiger partial charge >= 0.3 is 5.97 Å². The zero-order valence-electron chi connectivity index (χ0n) is 12.2. The second kappa shape index (κ2) is 6.42. The summed E-state index contributed by atoms with van der Waals surface area (Å²) < 4.78 is 24.5. The van der Waals surface area contributed by atoms with Crippen LogP contribution in [-0.2, 0) is 4.74 Å². The van der Waals surface area contributed by atoms with E-state index in [9.17, 15) is 9.18 Å². The molecule has 0 fully saturated rings. The van der Waals surface area contributed by atoms with E-state index in [4.69, 9.17) is 9.47 Å². The molecule has 0 unspecified atom stereocenters. The fraction of sp³-hybridized carbons (Fsp3) is 0.118. The van der Waals surface area contributed by atoms with Crippen molar-refractivity contribution in [2.24, 2.45) is 0 Å². The van der Waals surface area contributed by atoms with Gasteiger partial charge in [0.1, 0.15) is 23.0 Å². The van der Waals surface area contributed by atoms with Crippen LogP contribution in [0.1, 0.15) is 17.4 Å². The molecule has 0 saturated carbocycles. The number of halogens is 2. The summed E-state index contributed by atoms with van der Waals surface area (Å²) in [5.41, 5.74) is 1.18. The Kier molecular flexibility index (Phi) is 4.34. The Hall–Kier alpha value is -2.34. The number of hydrogen-bond donors (Lipinski definition) is 1. The van der Waals surface area contributed by atoms with Crippen LogP contribution in [0.5, 0.6) is 11.5 Å². The van der Waals surface area contributed by atoms with E-state index in [2.05, 4.69) is 20.9 Å². The highest BCUT2D eigenvalue weighted by Gasteiger charge is 2.11. The van der Waals surface area contributed by atoms with Crippen LogP contribution >= 0.6 is 15.9 Å². The highest BCUT2D eigenvalue weighted by atomic mass is 79.9. The van der Waals surface area contributed by atoms with Crippen molar-refractivity contribution in [1.29, 1.82) is 0 Å². The fourth-order valence-corrected chi connectivity index (χ4v) is 2.42. The third-order valence-electron chi connectivity index (χ3n) is 3.21. The molecule has 0 spiro atoms. The van der Waals surface area contributed by atoms with E-state index in [-0.39, 0.29) is 0 Å². The van der Waals surface area contributed by atoms with Crippen LogP contribution in [0.25, 0.3) is 10.9 Å². The number of aromatic nitrogens is 1. The molecule has 0 atom stereocenters. The normalized spacial score (nSPS) is 10.7. The lowest BCUT2D eigenvalue weighted by atomic mass is 10.2. The first kappa shape index (κ1) is 15.6. The molecular formula is C17H13BrFNO3. The molecule has 1 heterocycles. The lowest BCUT2D eigenvalue weighted by Gasteiger charge is -2.06. The maximum absolute atomic E-state index is 13.5. The van der Waals surface area contributed by atoms with Gasteiger partial charge in [0, 0.05) is 17.0 Å². The number of hydrogen-bond acceptors (Lipinski definition) is 3. The summed E-state index contributed by atoms with van der Waals surface area (Å²) in [6.07, 6.45) is 0. The van der Waals surface area contributed by atoms with Crippen molar-refractivity contribution >= 4 is 32.8 Å². The minimum Gasteiger partial charge on any atom is -0.461 e. The average molecular weight is 378 g/mol. The first-order valence-electron chi connectivity index (χ1n) is 6.99. The van der Waals surface area contributed by atoms with Gasteiger partial charge in [0.2, 0.25) is 0 Å². The molecule has 0 bridgehead atoms. The molecule has 0 radical (unpaired) electrons. The number of ether oxygens (including phenoxy) is 2. The SMILES string of the molecule is CCOC(=O)c1cc2cc(Oc3ccc(Br)c(F)c3)ccc2[nH]1. The molecule has 0 amide bonds. The van der Waals surface area contributed by atoms with Gasteiger partial charge in [-0.1, -0.05) is 0 Å². The Morgan fingerprint density at radius 3 is 2.65 bits per heavy atom. The third kappa shape index (κ3) is 3.37. The zero-order chi connectivity index (χ0) is 16.4. The van der Waals surface area contributed by atoms with E-state index in [1.807, 2.05) is 0 Å².